The molecule has 0 saturated carbocycles. The monoisotopic (exact) mass is 371 g/mol. The highest BCUT2D eigenvalue weighted by atomic mass is 32.2. The second kappa shape index (κ2) is 10.4. The molecule has 1 rings (SSSR count). The van der Waals surface area contributed by atoms with Gasteiger partial charge in [0.25, 0.3) is 0 Å². The molecule has 0 atom stereocenters. The number of aliphatic carboxylic acids is 1. The van der Waals surface area contributed by atoms with Crippen LogP contribution in [0.2, 0.25) is 0 Å². The second-order valence-electron chi connectivity index (χ2n) is 5.20. The van der Waals surface area contributed by atoms with Gasteiger partial charge in [-0.05, 0) is 25.0 Å². The van der Waals surface area contributed by atoms with Crippen molar-refractivity contribution in [2.24, 2.45) is 0 Å². The van der Waals surface area contributed by atoms with Gasteiger partial charge in [0, 0.05) is 25.1 Å². The van der Waals surface area contributed by atoms with Crippen molar-refractivity contribution < 1.29 is 27.9 Å². The molecule has 0 aliphatic rings. The van der Waals surface area contributed by atoms with E-state index >= 15 is 0 Å². The molecule has 0 saturated heterocycles. The summed E-state index contributed by atoms with van der Waals surface area (Å²) >= 11 is 0. The first kappa shape index (κ1) is 20.6. The SMILES string of the molecule is O=C(CCCC(=O)C(=O)O)NCCCS(=O)(=O)NNc1ccccc1. The zero-order chi connectivity index (χ0) is 18.7. The normalized spacial score (nSPS) is 10.9. The first-order chi connectivity index (χ1) is 11.8. The molecule has 138 valence electrons. The van der Waals surface area contributed by atoms with Crippen LogP contribution in [-0.4, -0.2) is 43.5 Å². The van der Waals surface area contributed by atoms with Crippen LogP contribution < -0.4 is 15.6 Å². The number of anilines is 1. The van der Waals surface area contributed by atoms with Crippen LogP contribution in [0, 0.1) is 0 Å². The second-order valence-corrected chi connectivity index (χ2v) is 7.04. The molecule has 0 radical (unpaired) electrons. The molecule has 9 nitrogen and oxygen atoms in total. The summed E-state index contributed by atoms with van der Waals surface area (Å²) in [5, 5.41) is 10.9. The molecule has 0 spiro atoms. The summed E-state index contributed by atoms with van der Waals surface area (Å²) in [6.45, 7) is 0.165. The van der Waals surface area contributed by atoms with Gasteiger partial charge >= 0.3 is 5.97 Å². The van der Waals surface area contributed by atoms with E-state index in [0.717, 1.165) is 0 Å². The summed E-state index contributed by atoms with van der Waals surface area (Å²) in [6.07, 6.45) is 0.162. The molecule has 0 aliphatic heterocycles. The molecular formula is C15H21N3O6S. The fourth-order valence-corrected chi connectivity index (χ4v) is 2.70. The van der Waals surface area contributed by atoms with E-state index in [9.17, 15) is 22.8 Å². The maximum Gasteiger partial charge on any atom is 0.372 e. The Kier molecular flexibility index (Phi) is 8.57. The van der Waals surface area contributed by atoms with Crippen LogP contribution in [0.5, 0.6) is 0 Å². The number of benzene rings is 1. The Hall–Kier alpha value is -2.46. The van der Waals surface area contributed by atoms with Crippen molar-refractivity contribution in [1.29, 1.82) is 0 Å². The van der Waals surface area contributed by atoms with Crippen LogP contribution in [0.4, 0.5) is 5.69 Å². The number of nitrogens with one attached hydrogen (secondary N) is 3. The Labute approximate surface area is 145 Å². The lowest BCUT2D eigenvalue weighted by molar-refractivity contribution is -0.149. The first-order valence-electron chi connectivity index (χ1n) is 7.63. The molecule has 0 unspecified atom stereocenters. The highest BCUT2D eigenvalue weighted by molar-refractivity contribution is 7.89. The van der Waals surface area contributed by atoms with Crippen LogP contribution in [0.15, 0.2) is 30.3 Å². The smallest absolute Gasteiger partial charge is 0.372 e. The molecule has 1 aromatic carbocycles. The van der Waals surface area contributed by atoms with Crippen LogP contribution in [0.25, 0.3) is 0 Å². The van der Waals surface area contributed by atoms with E-state index < -0.39 is 21.8 Å². The topological polar surface area (TPSA) is 142 Å². The van der Waals surface area contributed by atoms with Crippen LogP contribution in [0.1, 0.15) is 25.7 Å². The average molecular weight is 371 g/mol. The molecule has 4 N–H and O–H groups in total. The van der Waals surface area contributed by atoms with E-state index in [4.69, 9.17) is 5.11 Å². The molecule has 0 aromatic heterocycles. The van der Waals surface area contributed by atoms with Crippen LogP contribution >= 0.6 is 0 Å². The summed E-state index contributed by atoms with van der Waals surface area (Å²) in [4.78, 5) is 34.9. The fourth-order valence-electron chi connectivity index (χ4n) is 1.80. The Bertz CT molecular complexity index is 690. The van der Waals surface area contributed by atoms with E-state index in [2.05, 4.69) is 15.6 Å². The van der Waals surface area contributed by atoms with E-state index in [1.165, 1.54) is 0 Å². The van der Waals surface area contributed by atoms with Gasteiger partial charge in [0.2, 0.25) is 21.7 Å². The Morgan fingerprint density at radius 3 is 2.32 bits per heavy atom. The van der Waals surface area contributed by atoms with Crippen LogP contribution in [-0.2, 0) is 24.4 Å². The minimum atomic E-state index is -3.54. The summed E-state index contributed by atoms with van der Waals surface area (Å²) in [6, 6.07) is 8.74. The molecule has 0 bridgehead atoms. The Morgan fingerprint density at radius 2 is 1.68 bits per heavy atom. The third-order valence-corrected chi connectivity index (χ3v) is 4.32. The maximum atomic E-state index is 11.8. The van der Waals surface area contributed by atoms with Crippen molar-refractivity contribution in [3.63, 3.8) is 0 Å². The number of para-hydroxylation sites is 1. The van der Waals surface area contributed by atoms with Crippen molar-refractivity contribution in [1.82, 2.24) is 10.1 Å². The van der Waals surface area contributed by atoms with Crippen molar-refractivity contribution in [2.75, 3.05) is 17.7 Å². The summed E-state index contributed by atoms with van der Waals surface area (Å²) in [5.74, 6) is -2.98. The van der Waals surface area contributed by atoms with E-state index in [1.807, 2.05) is 0 Å². The van der Waals surface area contributed by atoms with Gasteiger partial charge in [-0.25, -0.2) is 13.2 Å². The standard InChI is InChI=1S/C15H21N3O6S/c19-13(15(21)22)8-4-9-14(20)16-10-5-11-25(23,24)18-17-12-6-2-1-3-7-12/h1-3,6-7,17-18H,4-5,8-11H2,(H,16,20)(H,21,22). The van der Waals surface area contributed by atoms with Gasteiger partial charge in [-0.2, -0.15) is 0 Å². The molecule has 0 heterocycles. The van der Waals surface area contributed by atoms with Crippen molar-refractivity contribution >= 4 is 33.4 Å². The van der Waals surface area contributed by atoms with Gasteiger partial charge in [-0.1, -0.05) is 18.2 Å². The van der Waals surface area contributed by atoms with Crippen LogP contribution in [0.3, 0.4) is 0 Å². The number of ketones is 1. The first-order valence-corrected chi connectivity index (χ1v) is 9.29. The highest BCUT2D eigenvalue weighted by Gasteiger charge is 2.12. The minimum Gasteiger partial charge on any atom is -0.476 e. The number of hydrogen-bond acceptors (Lipinski definition) is 6. The summed E-state index contributed by atoms with van der Waals surface area (Å²) < 4.78 is 23.6. The maximum absolute atomic E-state index is 11.8. The summed E-state index contributed by atoms with van der Waals surface area (Å²) in [5.41, 5.74) is 3.18. The molecular weight excluding hydrogens is 350 g/mol. The van der Waals surface area contributed by atoms with Gasteiger partial charge in [0.15, 0.2) is 0 Å². The lowest BCUT2D eigenvalue weighted by atomic mass is 10.1. The largest absolute Gasteiger partial charge is 0.476 e. The molecule has 25 heavy (non-hydrogen) atoms. The lowest BCUT2D eigenvalue weighted by Crippen LogP contribution is -2.33. The minimum absolute atomic E-state index is 0.0135. The molecule has 1 aromatic rings. The molecule has 0 fully saturated rings. The predicted molar refractivity (Wildman–Crippen MR) is 91.1 cm³/mol. The van der Waals surface area contributed by atoms with Gasteiger partial charge in [-0.3, -0.25) is 9.59 Å². The number of carboxylic acid groups (broad SMARTS) is 1. The van der Waals surface area contributed by atoms with Gasteiger partial charge in [0.1, 0.15) is 0 Å². The average Bonchev–Trinajstić information content (AvgIpc) is 2.58. The predicted octanol–water partition coefficient (Wildman–Crippen LogP) is 0.263. The number of sulfonamides is 1. The molecule has 0 aliphatic carbocycles. The Balaban J connectivity index is 2.15. The zero-order valence-corrected chi connectivity index (χ0v) is 14.3. The third-order valence-electron chi connectivity index (χ3n) is 3.08. The van der Waals surface area contributed by atoms with Gasteiger partial charge in [-0.15, -0.1) is 4.83 Å². The summed E-state index contributed by atoms with van der Waals surface area (Å²) in [7, 11) is -3.54. The van der Waals surface area contributed by atoms with E-state index in [-0.39, 0.29) is 43.9 Å². The molecule has 10 heteroatoms. The number of Topliss-reactive ketones (excluding diaryl/α,β-unsaturated/α-hetero) is 1. The highest BCUT2D eigenvalue weighted by Crippen LogP contribution is 2.03. The number of hydrazine groups is 1. The lowest BCUT2D eigenvalue weighted by Gasteiger charge is -2.09. The number of carbonyl (C=O) groups excluding carboxylic acids is 2. The number of carbonyl (C=O) groups is 3. The Morgan fingerprint density at radius 1 is 1.00 bits per heavy atom. The zero-order valence-electron chi connectivity index (χ0n) is 13.5. The van der Waals surface area contributed by atoms with Crippen molar-refractivity contribution in [2.45, 2.75) is 25.7 Å². The van der Waals surface area contributed by atoms with Crippen molar-refractivity contribution in [3.05, 3.63) is 30.3 Å². The van der Waals surface area contributed by atoms with Gasteiger partial charge < -0.3 is 15.8 Å². The number of amides is 1. The number of carboxylic acids is 1. The van der Waals surface area contributed by atoms with Crippen molar-refractivity contribution in [3.8, 4) is 0 Å². The van der Waals surface area contributed by atoms with E-state index in [0.29, 0.717) is 5.69 Å². The third kappa shape index (κ3) is 9.42. The van der Waals surface area contributed by atoms with E-state index in [1.54, 1.807) is 30.3 Å². The van der Waals surface area contributed by atoms with Gasteiger partial charge in [0.05, 0.1) is 5.75 Å². The number of hydrogen-bond donors (Lipinski definition) is 4. The fraction of sp³-hybridized carbons (Fsp3) is 0.400. The number of rotatable bonds is 12. The molecule has 1 amide bonds. The quantitative estimate of drug-likeness (QED) is 0.235.